The van der Waals surface area contributed by atoms with Crippen LogP contribution < -0.4 is 9.13 Å². The van der Waals surface area contributed by atoms with Gasteiger partial charge < -0.3 is 0 Å². The third-order valence-electron chi connectivity index (χ3n) is 4.99. The zero-order valence-corrected chi connectivity index (χ0v) is 16.4. The summed E-state index contributed by atoms with van der Waals surface area (Å²) in [5.41, 5.74) is 6.01. The summed E-state index contributed by atoms with van der Waals surface area (Å²) in [4.78, 5) is 3.43. The van der Waals surface area contributed by atoms with Gasteiger partial charge >= 0.3 is 0 Å². The van der Waals surface area contributed by atoms with Crippen molar-refractivity contribution in [1.82, 2.24) is 0 Å². The van der Waals surface area contributed by atoms with Gasteiger partial charge in [0.2, 0.25) is 0 Å². The minimum Gasteiger partial charge on any atom is -0.238 e. The number of hydrogen-bond acceptors (Lipinski definition) is 1. The molecule has 0 aliphatic heterocycles. The van der Waals surface area contributed by atoms with Crippen LogP contribution in [0.5, 0.6) is 0 Å². The fourth-order valence-electron chi connectivity index (χ4n) is 3.29. The molecule has 2 heterocycles. The van der Waals surface area contributed by atoms with Crippen molar-refractivity contribution in [2.75, 3.05) is 0 Å². The summed E-state index contributed by atoms with van der Waals surface area (Å²) < 4.78 is 4.26. The Balaban J connectivity index is 1.42. The summed E-state index contributed by atoms with van der Waals surface area (Å²) >= 11 is 0. The molecule has 4 rings (SSSR count). The summed E-state index contributed by atoms with van der Waals surface area (Å²) in [6.45, 7) is 8.58. The average Bonchev–Trinajstić information content (AvgIpc) is 2.81. The second-order valence-electron chi connectivity index (χ2n) is 7.11. The van der Waals surface area contributed by atoms with Crippen molar-refractivity contribution in [3.63, 3.8) is 0 Å². The summed E-state index contributed by atoms with van der Waals surface area (Å²) in [6, 6.07) is 26.0. The Morgan fingerprint density at radius 1 is 0.667 bits per heavy atom. The molecular formula is C26H20N4+2. The largest absolute Gasteiger partial charge is 0.238 e. The number of nitriles is 1. The lowest BCUT2D eigenvalue weighted by atomic mass is 10.1. The SMILES string of the molecule is [C-]#[N+]c1ccc(C[n+]2ccc(-c3cc[n+](Cc4ccc(C#N)cc4)cc3)cc2)cc1. The molecule has 0 atom stereocenters. The zero-order chi connectivity index (χ0) is 20.8. The van der Waals surface area contributed by atoms with Crippen molar-refractivity contribution in [2.24, 2.45) is 0 Å². The van der Waals surface area contributed by atoms with Crippen LogP contribution >= 0.6 is 0 Å². The van der Waals surface area contributed by atoms with E-state index in [9.17, 15) is 0 Å². The van der Waals surface area contributed by atoms with E-state index in [0.717, 1.165) is 18.7 Å². The van der Waals surface area contributed by atoms with E-state index in [1.54, 1.807) is 0 Å². The molecule has 0 aliphatic rings. The highest BCUT2D eigenvalue weighted by Gasteiger charge is 2.07. The molecule has 4 nitrogen and oxygen atoms in total. The van der Waals surface area contributed by atoms with Gasteiger partial charge in [0.1, 0.15) is 0 Å². The van der Waals surface area contributed by atoms with Crippen LogP contribution in [0.25, 0.3) is 16.0 Å². The number of benzene rings is 2. The number of nitrogens with zero attached hydrogens (tertiary/aromatic N) is 4. The van der Waals surface area contributed by atoms with Gasteiger partial charge in [-0.05, 0) is 23.3 Å². The van der Waals surface area contributed by atoms with Gasteiger partial charge in [0.15, 0.2) is 43.6 Å². The molecule has 0 fully saturated rings. The molecule has 0 saturated heterocycles. The number of hydrogen-bond donors (Lipinski definition) is 0. The first-order valence-corrected chi connectivity index (χ1v) is 9.67. The molecule has 0 unspecified atom stereocenters. The minimum atomic E-state index is 0.666. The molecule has 0 radical (unpaired) electrons. The Hall–Kier alpha value is -4.28. The summed E-state index contributed by atoms with van der Waals surface area (Å²) in [7, 11) is 0. The predicted octanol–water partition coefficient (Wildman–Crippen LogP) is 4.45. The quantitative estimate of drug-likeness (QED) is 0.368. The van der Waals surface area contributed by atoms with Crippen LogP contribution in [0.15, 0.2) is 97.6 Å². The van der Waals surface area contributed by atoms with Crippen LogP contribution in [0.4, 0.5) is 5.69 Å². The molecule has 0 aliphatic carbocycles. The van der Waals surface area contributed by atoms with Gasteiger partial charge in [0.05, 0.1) is 18.2 Å². The first-order chi connectivity index (χ1) is 14.7. The smallest absolute Gasteiger partial charge is 0.187 e. The Morgan fingerprint density at radius 2 is 1.10 bits per heavy atom. The Morgan fingerprint density at radius 3 is 1.50 bits per heavy atom. The molecule has 142 valence electrons. The molecule has 0 spiro atoms. The van der Waals surface area contributed by atoms with Crippen LogP contribution in [-0.4, -0.2) is 0 Å². The fourth-order valence-corrected chi connectivity index (χ4v) is 3.29. The molecule has 0 bridgehead atoms. The molecular weight excluding hydrogens is 368 g/mol. The summed E-state index contributed by atoms with van der Waals surface area (Å²) in [5, 5.41) is 8.90. The highest BCUT2D eigenvalue weighted by atomic mass is 14.9. The molecule has 0 N–H and O–H groups in total. The maximum atomic E-state index is 8.90. The van der Waals surface area contributed by atoms with Crippen LogP contribution in [0.3, 0.4) is 0 Å². The molecule has 2 aromatic heterocycles. The number of rotatable bonds is 5. The third kappa shape index (κ3) is 4.58. The van der Waals surface area contributed by atoms with E-state index in [1.807, 2.05) is 48.5 Å². The summed E-state index contributed by atoms with van der Waals surface area (Å²) in [6.07, 6.45) is 8.31. The standard InChI is InChI=1S/C26H20N4/c1-28-26-8-6-23(7-9-26)20-30-16-12-25(13-17-30)24-10-14-29(15-11-24)19-22-4-2-21(18-27)3-5-22/h2-17H,19-20H2/q+2. The average molecular weight is 388 g/mol. The lowest BCUT2D eigenvalue weighted by Gasteiger charge is -2.03. The van der Waals surface area contributed by atoms with E-state index in [0.29, 0.717) is 11.3 Å². The van der Waals surface area contributed by atoms with Gasteiger partial charge in [-0.25, -0.2) is 14.0 Å². The van der Waals surface area contributed by atoms with Crippen molar-refractivity contribution in [1.29, 1.82) is 5.26 Å². The predicted molar refractivity (Wildman–Crippen MR) is 114 cm³/mol. The fraction of sp³-hybridized carbons (Fsp3) is 0.0769. The number of aromatic nitrogens is 2. The maximum absolute atomic E-state index is 8.90. The van der Waals surface area contributed by atoms with Crippen molar-refractivity contribution >= 4 is 5.69 Å². The molecule has 0 saturated carbocycles. The Bertz CT molecular complexity index is 1110. The van der Waals surface area contributed by atoms with E-state index in [-0.39, 0.29) is 0 Å². The van der Waals surface area contributed by atoms with Crippen molar-refractivity contribution in [3.8, 4) is 17.2 Å². The van der Waals surface area contributed by atoms with E-state index in [1.165, 1.54) is 16.7 Å². The lowest BCUT2D eigenvalue weighted by molar-refractivity contribution is -0.688. The highest BCUT2D eigenvalue weighted by Crippen LogP contribution is 2.16. The van der Waals surface area contributed by atoms with Crippen LogP contribution in [0.1, 0.15) is 16.7 Å². The monoisotopic (exact) mass is 388 g/mol. The Labute approximate surface area is 176 Å². The van der Waals surface area contributed by atoms with Gasteiger partial charge in [0, 0.05) is 35.4 Å². The van der Waals surface area contributed by atoms with Crippen molar-refractivity contribution in [2.45, 2.75) is 13.1 Å². The molecule has 4 aromatic rings. The van der Waals surface area contributed by atoms with Gasteiger partial charge in [-0.3, -0.25) is 0 Å². The normalized spacial score (nSPS) is 10.2. The van der Waals surface area contributed by atoms with Crippen LogP contribution in [-0.2, 0) is 13.1 Å². The zero-order valence-electron chi connectivity index (χ0n) is 16.4. The van der Waals surface area contributed by atoms with E-state index in [2.05, 4.69) is 69.1 Å². The Kier molecular flexibility index (Phi) is 5.60. The summed E-state index contributed by atoms with van der Waals surface area (Å²) in [5.74, 6) is 0. The van der Waals surface area contributed by atoms with E-state index >= 15 is 0 Å². The van der Waals surface area contributed by atoms with Crippen LogP contribution in [0, 0.1) is 17.9 Å². The molecule has 2 aromatic carbocycles. The second-order valence-corrected chi connectivity index (χ2v) is 7.11. The molecule has 4 heteroatoms. The lowest BCUT2D eigenvalue weighted by Crippen LogP contribution is -2.33. The van der Waals surface area contributed by atoms with Gasteiger partial charge in [-0.2, -0.15) is 5.26 Å². The van der Waals surface area contributed by atoms with Gasteiger partial charge in [-0.15, -0.1) is 0 Å². The molecule has 30 heavy (non-hydrogen) atoms. The highest BCUT2D eigenvalue weighted by molar-refractivity contribution is 5.61. The first-order valence-electron chi connectivity index (χ1n) is 9.67. The van der Waals surface area contributed by atoms with Crippen molar-refractivity contribution < 1.29 is 9.13 Å². The topological polar surface area (TPSA) is 35.9 Å². The van der Waals surface area contributed by atoms with Crippen LogP contribution in [0.2, 0.25) is 0 Å². The number of pyridine rings is 2. The second kappa shape index (κ2) is 8.82. The first kappa shape index (κ1) is 19.1. The van der Waals surface area contributed by atoms with Gasteiger partial charge in [0.25, 0.3) is 0 Å². The minimum absolute atomic E-state index is 0.666. The van der Waals surface area contributed by atoms with E-state index in [4.69, 9.17) is 11.8 Å². The van der Waals surface area contributed by atoms with E-state index < -0.39 is 0 Å². The van der Waals surface area contributed by atoms with Gasteiger partial charge in [-0.1, -0.05) is 36.4 Å². The maximum Gasteiger partial charge on any atom is 0.187 e. The van der Waals surface area contributed by atoms with Crippen molar-refractivity contribution in [3.05, 3.63) is 126 Å². The molecule has 0 amide bonds. The third-order valence-corrected chi connectivity index (χ3v) is 4.99.